The molecule has 0 heterocycles. The summed E-state index contributed by atoms with van der Waals surface area (Å²) < 4.78 is 0. The molecule has 0 bridgehead atoms. The Balaban J connectivity index is 5.41. The van der Waals surface area contributed by atoms with Gasteiger partial charge in [-0.25, -0.2) is 0 Å². The average Bonchev–Trinajstić information content (AvgIpc) is 2.16. The van der Waals surface area contributed by atoms with Gasteiger partial charge in [-0.3, -0.25) is 9.59 Å². The van der Waals surface area contributed by atoms with Gasteiger partial charge >= 0.3 is 11.9 Å². The molecular weight excluding hydrogens is 208 g/mol. The van der Waals surface area contributed by atoms with Crippen LogP contribution in [-0.4, -0.2) is 22.2 Å². The lowest BCUT2D eigenvalue weighted by Gasteiger charge is -2.25. The van der Waals surface area contributed by atoms with Crippen LogP contribution in [0, 0.1) is 5.41 Å². The molecule has 0 aromatic heterocycles. The zero-order chi connectivity index (χ0) is 12.9. The number of hydrogen-bond donors (Lipinski definition) is 2. The van der Waals surface area contributed by atoms with Gasteiger partial charge in [-0.15, -0.1) is 0 Å². The van der Waals surface area contributed by atoms with Crippen molar-refractivity contribution in [2.75, 3.05) is 0 Å². The molecule has 0 rings (SSSR count). The van der Waals surface area contributed by atoms with E-state index in [9.17, 15) is 9.59 Å². The van der Waals surface area contributed by atoms with Crippen LogP contribution in [0.3, 0.4) is 0 Å². The highest BCUT2D eigenvalue weighted by atomic mass is 16.4. The second-order valence-electron chi connectivity index (χ2n) is 4.29. The van der Waals surface area contributed by atoms with Crippen molar-refractivity contribution >= 4 is 11.9 Å². The molecule has 0 aliphatic rings. The molecule has 2 N–H and O–H groups in total. The number of aliphatic carboxylic acids is 2. The van der Waals surface area contributed by atoms with E-state index in [1.807, 2.05) is 13.8 Å². The first-order valence-electron chi connectivity index (χ1n) is 5.43. The van der Waals surface area contributed by atoms with Crippen LogP contribution in [0.15, 0.2) is 11.1 Å². The van der Waals surface area contributed by atoms with Crippen molar-refractivity contribution in [3.8, 4) is 0 Å². The first-order chi connectivity index (χ1) is 7.27. The largest absolute Gasteiger partial charge is 0.481 e. The Morgan fingerprint density at radius 1 is 1.06 bits per heavy atom. The Bertz CT molecular complexity index is 313. The summed E-state index contributed by atoms with van der Waals surface area (Å²) in [6, 6.07) is 0. The zero-order valence-electron chi connectivity index (χ0n) is 10.3. The zero-order valence-corrected chi connectivity index (χ0v) is 10.3. The average molecular weight is 228 g/mol. The van der Waals surface area contributed by atoms with Gasteiger partial charge in [0.1, 0.15) is 0 Å². The number of carboxylic acids is 2. The summed E-state index contributed by atoms with van der Waals surface area (Å²) in [4.78, 5) is 21.9. The van der Waals surface area contributed by atoms with Crippen LogP contribution in [0.4, 0.5) is 0 Å². The Labute approximate surface area is 96.0 Å². The van der Waals surface area contributed by atoms with Crippen molar-refractivity contribution in [2.24, 2.45) is 5.41 Å². The Morgan fingerprint density at radius 3 is 1.81 bits per heavy atom. The Morgan fingerprint density at radius 2 is 1.56 bits per heavy atom. The van der Waals surface area contributed by atoms with Crippen molar-refractivity contribution in [1.29, 1.82) is 0 Å². The van der Waals surface area contributed by atoms with Gasteiger partial charge in [-0.2, -0.15) is 0 Å². The monoisotopic (exact) mass is 228 g/mol. The van der Waals surface area contributed by atoms with Gasteiger partial charge in [0.05, 0.1) is 11.8 Å². The third-order valence-corrected chi connectivity index (χ3v) is 2.86. The second kappa shape index (κ2) is 5.68. The van der Waals surface area contributed by atoms with Crippen molar-refractivity contribution in [3.63, 3.8) is 0 Å². The van der Waals surface area contributed by atoms with Gasteiger partial charge < -0.3 is 10.2 Å². The first kappa shape index (κ1) is 14.7. The maximum absolute atomic E-state index is 11.1. The Kier molecular flexibility index (Phi) is 5.21. The Hall–Kier alpha value is -1.32. The van der Waals surface area contributed by atoms with Crippen LogP contribution in [0.5, 0.6) is 0 Å². The topological polar surface area (TPSA) is 74.6 Å². The molecule has 4 nitrogen and oxygen atoms in total. The molecule has 0 aliphatic heterocycles. The molecule has 0 unspecified atom stereocenters. The molecule has 0 saturated heterocycles. The summed E-state index contributed by atoms with van der Waals surface area (Å²) in [5.41, 5.74) is 0.461. The van der Waals surface area contributed by atoms with E-state index in [-0.39, 0.29) is 6.42 Å². The molecule has 92 valence electrons. The van der Waals surface area contributed by atoms with E-state index < -0.39 is 17.4 Å². The summed E-state index contributed by atoms with van der Waals surface area (Å²) in [6.07, 6.45) is 1.07. The highest BCUT2D eigenvalue weighted by molar-refractivity contribution is 5.79. The lowest BCUT2D eigenvalue weighted by Crippen LogP contribution is -2.27. The predicted molar refractivity (Wildman–Crippen MR) is 61.3 cm³/mol. The highest BCUT2D eigenvalue weighted by Gasteiger charge is 2.32. The van der Waals surface area contributed by atoms with E-state index >= 15 is 0 Å². The van der Waals surface area contributed by atoms with Crippen LogP contribution in [0.25, 0.3) is 0 Å². The fourth-order valence-electron chi connectivity index (χ4n) is 1.89. The van der Waals surface area contributed by atoms with Crippen LogP contribution >= 0.6 is 0 Å². The van der Waals surface area contributed by atoms with Crippen molar-refractivity contribution in [2.45, 2.75) is 47.0 Å². The minimum absolute atomic E-state index is 0.0730. The van der Waals surface area contributed by atoms with Crippen LogP contribution in [-0.2, 0) is 9.59 Å². The quantitative estimate of drug-likeness (QED) is 0.685. The maximum atomic E-state index is 11.1. The van der Waals surface area contributed by atoms with E-state index in [0.717, 1.165) is 11.1 Å². The molecule has 0 aromatic carbocycles. The van der Waals surface area contributed by atoms with Crippen molar-refractivity contribution in [3.05, 3.63) is 11.1 Å². The predicted octanol–water partition coefficient (Wildman–Crippen LogP) is 2.69. The van der Waals surface area contributed by atoms with Crippen LogP contribution < -0.4 is 0 Å². The third kappa shape index (κ3) is 3.36. The van der Waals surface area contributed by atoms with Gasteiger partial charge in [0, 0.05) is 0 Å². The molecule has 0 spiro atoms. The van der Waals surface area contributed by atoms with Crippen molar-refractivity contribution in [1.82, 2.24) is 0 Å². The van der Waals surface area contributed by atoms with E-state index in [1.165, 1.54) is 0 Å². The molecule has 0 atom stereocenters. The number of carboxylic acid groups (broad SMARTS) is 2. The highest BCUT2D eigenvalue weighted by Crippen LogP contribution is 2.33. The molecule has 16 heavy (non-hydrogen) atoms. The fourth-order valence-corrected chi connectivity index (χ4v) is 1.89. The molecule has 0 amide bonds. The first-order valence-corrected chi connectivity index (χ1v) is 5.43. The molecule has 0 aliphatic carbocycles. The lowest BCUT2D eigenvalue weighted by molar-refractivity contribution is -0.145. The smallest absolute Gasteiger partial charge is 0.313 e. The van der Waals surface area contributed by atoms with Gasteiger partial charge in [-0.05, 0) is 26.7 Å². The summed E-state index contributed by atoms with van der Waals surface area (Å²) in [7, 11) is 0. The van der Waals surface area contributed by atoms with Gasteiger partial charge in [0.2, 0.25) is 0 Å². The fraction of sp³-hybridized carbons (Fsp3) is 0.667. The van der Waals surface area contributed by atoms with Gasteiger partial charge in [-0.1, -0.05) is 25.0 Å². The van der Waals surface area contributed by atoms with Crippen molar-refractivity contribution < 1.29 is 19.8 Å². The van der Waals surface area contributed by atoms with E-state index in [2.05, 4.69) is 0 Å². The normalized spacial score (nSPS) is 13.2. The standard InChI is InChI=1S/C12H20O4/c1-5-8(7-10(13)14)9(6-2)12(3,4)11(15)16/h5-7H2,1-4H3,(H,13,14)(H,15,16). The van der Waals surface area contributed by atoms with E-state index in [0.29, 0.717) is 12.8 Å². The molecular formula is C12H20O4. The summed E-state index contributed by atoms with van der Waals surface area (Å²) in [5.74, 6) is -1.83. The summed E-state index contributed by atoms with van der Waals surface area (Å²) in [6.45, 7) is 6.95. The molecule has 0 saturated carbocycles. The van der Waals surface area contributed by atoms with Gasteiger partial charge in [0.25, 0.3) is 0 Å². The maximum Gasteiger partial charge on any atom is 0.313 e. The summed E-state index contributed by atoms with van der Waals surface area (Å²) >= 11 is 0. The summed E-state index contributed by atoms with van der Waals surface area (Å²) in [5, 5.41) is 17.9. The minimum atomic E-state index is -0.991. The molecule has 0 radical (unpaired) electrons. The minimum Gasteiger partial charge on any atom is -0.481 e. The molecule has 0 fully saturated rings. The molecule has 4 heteroatoms. The lowest BCUT2D eigenvalue weighted by atomic mass is 9.78. The van der Waals surface area contributed by atoms with Crippen LogP contribution in [0.1, 0.15) is 47.0 Å². The van der Waals surface area contributed by atoms with Crippen LogP contribution in [0.2, 0.25) is 0 Å². The SMILES string of the molecule is CCC(CC(=O)O)=C(CC)C(C)(C)C(=O)O. The third-order valence-electron chi connectivity index (χ3n) is 2.86. The number of hydrogen-bond acceptors (Lipinski definition) is 2. The number of carbonyl (C=O) groups is 2. The number of rotatable bonds is 6. The van der Waals surface area contributed by atoms with E-state index in [4.69, 9.17) is 10.2 Å². The molecule has 0 aromatic rings. The van der Waals surface area contributed by atoms with E-state index in [1.54, 1.807) is 13.8 Å². The second-order valence-corrected chi connectivity index (χ2v) is 4.29. The van der Waals surface area contributed by atoms with Gasteiger partial charge in [0.15, 0.2) is 0 Å².